The van der Waals surface area contributed by atoms with E-state index in [1.807, 2.05) is 4.90 Å². The molecule has 1 saturated heterocycles. The number of hydrogen-bond acceptors (Lipinski definition) is 3. The molecular formula is C26H37N5O. The third-order valence-corrected chi connectivity index (χ3v) is 6.10. The highest BCUT2D eigenvalue weighted by Crippen LogP contribution is 2.15. The van der Waals surface area contributed by atoms with Crippen LogP contribution in [0, 0.1) is 0 Å². The van der Waals surface area contributed by atoms with Gasteiger partial charge >= 0.3 is 0 Å². The smallest absolute Gasteiger partial charge is 0.222 e. The molecule has 2 N–H and O–H groups in total. The van der Waals surface area contributed by atoms with Crippen molar-refractivity contribution in [2.24, 2.45) is 4.99 Å². The summed E-state index contributed by atoms with van der Waals surface area (Å²) in [6, 6.07) is 19.5. The molecule has 2 aromatic carbocycles. The molecule has 32 heavy (non-hydrogen) atoms. The summed E-state index contributed by atoms with van der Waals surface area (Å²) in [5.74, 6) is 1.07. The summed E-state index contributed by atoms with van der Waals surface area (Å²) in [5, 5.41) is 6.83. The zero-order chi connectivity index (χ0) is 22.8. The molecule has 6 nitrogen and oxygen atoms in total. The molecule has 1 unspecified atom stereocenters. The lowest BCUT2D eigenvalue weighted by atomic mass is 10.1. The van der Waals surface area contributed by atoms with Crippen LogP contribution in [0.15, 0.2) is 59.6 Å². The van der Waals surface area contributed by atoms with Gasteiger partial charge in [-0.25, -0.2) is 0 Å². The van der Waals surface area contributed by atoms with Crippen LogP contribution in [0.2, 0.25) is 0 Å². The number of nitrogens with zero attached hydrogens (tertiary/aromatic N) is 3. The molecule has 0 spiro atoms. The average molecular weight is 436 g/mol. The van der Waals surface area contributed by atoms with Crippen LogP contribution >= 0.6 is 0 Å². The number of likely N-dealkylation sites (tertiary alicyclic amines) is 1. The molecule has 0 aliphatic carbocycles. The largest absolute Gasteiger partial charge is 0.356 e. The lowest BCUT2D eigenvalue weighted by Gasteiger charge is -2.25. The van der Waals surface area contributed by atoms with Crippen molar-refractivity contribution >= 4 is 11.9 Å². The van der Waals surface area contributed by atoms with E-state index in [4.69, 9.17) is 0 Å². The van der Waals surface area contributed by atoms with Gasteiger partial charge in [-0.1, -0.05) is 54.6 Å². The average Bonchev–Trinajstić information content (AvgIpc) is 3.21. The number of carbonyl (C=O) groups excluding carboxylic acids is 1. The van der Waals surface area contributed by atoms with Crippen LogP contribution in [0.5, 0.6) is 0 Å². The standard InChI is InChI=1S/C26H37N5O/c1-21(30(3)19-22-9-5-4-6-10-22)14-15-28-26(27-2)29-18-23-11-7-12-24(17-23)20-31-16-8-13-25(31)32/h4-7,9-12,17,21H,8,13-16,18-20H2,1-3H3,(H2,27,28,29). The maximum Gasteiger partial charge on any atom is 0.222 e. The fraction of sp³-hybridized carbons (Fsp3) is 0.462. The minimum absolute atomic E-state index is 0.266. The van der Waals surface area contributed by atoms with Crippen LogP contribution in [0.1, 0.15) is 42.9 Å². The molecule has 1 amide bonds. The Morgan fingerprint density at radius 1 is 1.09 bits per heavy atom. The summed E-state index contributed by atoms with van der Waals surface area (Å²) in [5.41, 5.74) is 3.70. The first-order valence-electron chi connectivity index (χ1n) is 11.6. The third kappa shape index (κ3) is 7.38. The molecule has 1 aliphatic rings. The van der Waals surface area contributed by atoms with Crippen LogP contribution in [0.3, 0.4) is 0 Å². The Morgan fingerprint density at radius 2 is 1.84 bits per heavy atom. The van der Waals surface area contributed by atoms with Crippen molar-refractivity contribution in [3.05, 3.63) is 71.3 Å². The molecule has 0 bridgehead atoms. The Bertz CT molecular complexity index is 883. The maximum atomic E-state index is 11.9. The molecule has 1 aliphatic heterocycles. The molecule has 3 rings (SSSR count). The van der Waals surface area contributed by atoms with Gasteiger partial charge in [-0.15, -0.1) is 0 Å². The van der Waals surface area contributed by atoms with Crippen LogP contribution in [0.4, 0.5) is 0 Å². The summed E-state index contributed by atoms with van der Waals surface area (Å²) in [6.45, 7) is 6.35. The van der Waals surface area contributed by atoms with Gasteiger partial charge in [0, 0.05) is 52.2 Å². The summed E-state index contributed by atoms with van der Waals surface area (Å²) >= 11 is 0. The highest BCUT2D eigenvalue weighted by molar-refractivity contribution is 5.79. The predicted octanol–water partition coefficient (Wildman–Crippen LogP) is 3.38. The topological polar surface area (TPSA) is 60.0 Å². The fourth-order valence-electron chi connectivity index (χ4n) is 3.98. The number of carbonyl (C=O) groups is 1. The number of amides is 1. The van der Waals surface area contributed by atoms with E-state index < -0.39 is 0 Å². The van der Waals surface area contributed by atoms with E-state index in [0.717, 1.165) is 38.4 Å². The Hall–Kier alpha value is -2.86. The second-order valence-corrected chi connectivity index (χ2v) is 8.63. The van der Waals surface area contributed by atoms with Gasteiger partial charge in [0.15, 0.2) is 5.96 Å². The van der Waals surface area contributed by atoms with Gasteiger partial charge in [0.25, 0.3) is 0 Å². The molecule has 0 aromatic heterocycles. The van der Waals surface area contributed by atoms with Crippen molar-refractivity contribution in [2.45, 2.75) is 51.9 Å². The Morgan fingerprint density at radius 3 is 2.56 bits per heavy atom. The minimum Gasteiger partial charge on any atom is -0.356 e. The fourth-order valence-corrected chi connectivity index (χ4v) is 3.98. The number of benzene rings is 2. The second kappa shape index (κ2) is 12.2. The van der Waals surface area contributed by atoms with Crippen molar-refractivity contribution < 1.29 is 4.79 Å². The monoisotopic (exact) mass is 435 g/mol. The number of hydrogen-bond donors (Lipinski definition) is 2. The summed E-state index contributed by atoms with van der Waals surface area (Å²) in [4.78, 5) is 20.6. The first kappa shape index (κ1) is 23.8. The number of aliphatic imine (C=N–C) groups is 1. The third-order valence-electron chi connectivity index (χ3n) is 6.10. The Labute approximate surface area is 192 Å². The van der Waals surface area contributed by atoms with E-state index >= 15 is 0 Å². The van der Waals surface area contributed by atoms with Crippen LogP contribution in [-0.4, -0.2) is 54.9 Å². The highest BCUT2D eigenvalue weighted by atomic mass is 16.2. The van der Waals surface area contributed by atoms with E-state index in [0.29, 0.717) is 25.6 Å². The van der Waals surface area contributed by atoms with Gasteiger partial charge < -0.3 is 15.5 Å². The lowest BCUT2D eigenvalue weighted by Crippen LogP contribution is -2.39. The van der Waals surface area contributed by atoms with Crippen molar-refractivity contribution in [1.82, 2.24) is 20.4 Å². The highest BCUT2D eigenvalue weighted by Gasteiger charge is 2.19. The van der Waals surface area contributed by atoms with E-state index in [1.165, 1.54) is 16.7 Å². The molecule has 1 fully saturated rings. The van der Waals surface area contributed by atoms with Gasteiger partial charge in [-0.3, -0.25) is 14.7 Å². The Balaban J connectivity index is 1.40. The lowest BCUT2D eigenvalue weighted by molar-refractivity contribution is -0.128. The molecule has 0 radical (unpaired) electrons. The summed E-state index contributed by atoms with van der Waals surface area (Å²) in [6.07, 6.45) is 2.69. The maximum absolute atomic E-state index is 11.9. The molecule has 0 saturated carbocycles. The quantitative estimate of drug-likeness (QED) is 0.444. The Kier molecular flexibility index (Phi) is 9.11. The van der Waals surface area contributed by atoms with Crippen LogP contribution in [-0.2, 0) is 24.4 Å². The van der Waals surface area contributed by atoms with E-state index in [1.54, 1.807) is 7.05 Å². The van der Waals surface area contributed by atoms with Crippen molar-refractivity contribution in [3.8, 4) is 0 Å². The van der Waals surface area contributed by atoms with E-state index in [-0.39, 0.29) is 5.91 Å². The molecule has 1 atom stereocenters. The summed E-state index contributed by atoms with van der Waals surface area (Å²) < 4.78 is 0. The number of rotatable bonds is 10. The first-order valence-corrected chi connectivity index (χ1v) is 11.6. The van der Waals surface area contributed by atoms with E-state index in [2.05, 4.69) is 89.1 Å². The minimum atomic E-state index is 0.266. The van der Waals surface area contributed by atoms with Gasteiger partial charge in [-0.2, -0.15) is 0 Å². The predicted molar refractivity (Wildman–Crippen MR) is 131 cm³/mol. The normalized spacial score (nSPS) is 15.3. The van der Waals surface area contributed by atoms with Gasteiger partial charge in [0.05, 0.1) is 0 Å². The number of guanidine groups is 1. The zero-order valence-corrected chi connectivity index (χ0v) is 19.7. The molecule has 2 aromatic rings. The van der Waals surface area contributed by atoms with Crippen molar-refractivity contribution in [1.29, 1.82) is 0 Å². The van der Waals surface area contributed by atoms with Gasteiger partial charge in [0.2, 0.25) is 5.91 Å². The molecule has 6 heteroatoms. The first-order chi connectivity index (χ1) is 15.5. The molecule has 172 valence electrons. The SMILES string of the molecule is CN=C(NCCC(C)N(C)Cc1ccccc1)NCc1cccc(CN2CCCC2=O)c1. The van der Waals surface area contributed by atoms with Gasteiger partial charge in [0.1, 0.15) is 0 Å². The van der Waals surface area contributed by atoms with Crippen LogP contribution < -0.4 is 10.6 Å². The molecule has 1 heterocycles. The van der Waals surface area contributed by atoms with E-state index in [9.17, 15) is 4.79 Å². The van der Waals surface area contributed by atoms with Gasteiger partial charge in [-0.05, 0) is 43.5 Å². The van der Waals surface area contributed by atoms with Crippen LogP contribution in [0.25, 0.3) is 0 Å². The summed E-state index contributed by atoms with van der Waals surface area (Å²) in [7, 11) is 3.98. The number of nitrogens with one attached hydrogen (secondary N) is 2. The molecular weight excluding hydrogens is 398 g/mol. The van der Waals surface area contributed by atoms with Crippen molar-refractivity contribution in [3.63, 3.8) is 0 Å². The zero-order valence-electron chi connectivity index (χ0n) is 19.7. The van der Waals surface area contributed by atoms with Crippen molar-refractivity contribution in [2.75, 3.05) is 27.2 Å². The second-order valence-electron chi connectivity index (χ2n) is 8.63.